The highest BCUT2D eigenvalue weighted by atomic mass is 19.1. The van der Waals surface area contributed by atoms with Crippen LogP contribution < -0.4 is 11.1 Å². The summed E-state index contributed by atoms with van der Waals surface area (Å²) in [5.74, 6) is -1.35. The first-order chi connectivity index (χ1) is 7.35. The van der Waals surface area contributed by atoms with Gasteiger partial charge in [0.15, 0.2) is 5.82 Å². The van der Waals surface area contributed by atoms with E-state index < -0.39 is 11.6 Å². The highest BCUT2D eigenvalue weighted by Gasteiger charge is 2.18. The first-order valence-electron chi connectivity index (χ1n) is 5.38. The molecule has 0 aliphatic rings. The van der Waals surface area contributed by atoms with E-state index >= 15 is 0 Å². The van der Waals surface area contributed by atoms with Crippen LogP contribution in [-0.4, -0.2) is 5.54 Å². The Kier molecular flexibility index (Phi) is 3.73. The van der Waals surface area contributed by atoms with Gasteiger partial charge in [-0.3, -0.25) is 0 Å². The Morgan fingerprint density at radius 2 is 1.94 bits per heavy atom. The van der Waals surface area contributed by atoms with Crippen molar-refractivity contribution in [2.24, 2.45) is 0 Å². The van der Waals surface area contributed by atoms with Gasteiger partial charge in [0, 0.05) is 11.6 Å². The molecule has 90 valence electrons. The fraction of sp³-hybridized carbons (Fsp3) is 0.500. The smallest absolute Gasteiger partial charge is 0.151 e. The third-order valence-corrected chi connectivity index (χ3v) is 2.44. The van der Waals surface area contributed by atoms with Gasteiger partial charge in [0.25, 0.3) is 0 Å². The van der Waals surface area contributed by atoms with Gasteiger partial charge in [0.2, 0.25) is 0 Å². The minimum atomic E-state index is -0.727. The summed E-state index contributed by atoms with van der Waals surface area (Å²) in [4.78, 5) is 0. The van der Waals surface area contributed by atoms with Crippen LogP contribution in [0.1, 0.15) is 33.6 Å². The Morgan fingerprint density at radius 1 is 1.31 bits per heavy atom. The third-order valence-electron chi connectivity index (χ3n) is 2.44. The largest absolute Gasteiger partial charge is 0.395 e. The highest BCUT2D eigenvalue weighted by Crippen LogP contribution is 2.27. The number of anilines is 2. The summed E-state index contributed by atoms with van der Waals surface area (Å²) in [6.45, 7) is 6.00. The van der Waals surface area contributed by atoms with E-state index in [2.05, 4.69) is 12.2 Å². The van der Waals surface area contributed by atoms with Crippen molar-refractivity contribution >= 4 is 11.4 Å². The normalized spacial score (nSPS) is 11.6. The number of hydrogen-bond donors (Lipinski definition) is 2. The minimum Gasteiger partial charge on any atom is -0.395 e. The van der Waals surface area contributed by atoms with Gasteiger partial charge in [-0.15, -0.1) is 0 Å². The number of benzene rings is 1. The second-order valence-corrected chi connectivity index (χ2v) is 4.61. The first kappa shape index (κ1) is 12.7. The van der Waals surface area contributed by atoms with E-state index in [-0.39, 0.29) is 11.2 Å². The Morgan fingerprint density at radius 3 is 2.50 bits per heavy atom. The van der Waals surface area contributed by atoms with Gasteiger partial charge in [-0.05, 0) is 26.3 Å². The van der Waals surface area contributed by atoms with Crippen LogP contribution in [0.3, 0.4) is 0 Å². The third kappa shape index (κ3) is 3.08. The average Bonchev–Trinajstić information content (AvgIpc) is 2.12. The molecule has 0 aromatic heterocycles. The maximum absolute atomic E-state index is 13.2. The van der Waals surface area contributed by atoms with Crippen molar-refractivity contribution in [3.05, 3.63) is 23.8 Å². The molecule has 0 atom stereocenters. The summed E-state index contributed by atoms with van der Waals surface area (Å²) >= 11 is 0. The predicted molar refractivity (Wildman–Crippen MR) is 63.4 cm³/mol. The average molecular weight is 228 g/mol. The molecule has 0 aliphatic heterocycles. The van der Waals surface area contributed by atoms with E-state index in [9.17, 15) is 8.78 Å². The minimum absolute atomic E-state index is 0.0365. The molecule has 0 saturated heterocycles. The van der Waals surface area contributed by atoms with Crippen LogP contribution in [0.4, 0.5) is 20.2 Å². The molecular weight excluding hydrogens is 210 g/mol. The molecule has 16 heavy (non-hydrogen) atoms. The van der Waals surface area contributed by atoms with Crippen LogP contribution in [-0.2, 0) is 0 Å². The number of halogens is 2. The second-order valence-electron chi connectivity index (χ2n) is 4.61. The molecule has 3 N–H and O–H groups in total. The molecule has 1 rings (SSSR count). The number of nitrogen functional groups attached to an aromatic ring is 1. The molecule has 0 radical (unpaired) electrons. The maximum atomic E-state index is 13.2. The quantitative estimate of drug-likeness (QED) is 0.773. The van der Waals surface area contributed by atoms with Gasteiger partial charge >= 0.3 is 0 Å². The van der Waals surface area contributed by atoms with Gasteiger partial charge in [0.05, 0.1) is 11.4 Å². The lowest BCUT2D eigenvalue weighted by atomic mass is 9.98. The summed E-state index contributed by atoms with van der Waals surface area (Å²) in [5, 5.41) is 3.06. The van der Waals surface area contributed by atoms with Gasteiger partial charge in [-0.25, -0.2) is 8.78 Å². The van der Waals surface area contributed by atoms with Crippen LogP contribution in [0.2, 0.25) is 0 Å². The predicted octanol–water partition coefficient (Wildman–Crippen LogP) is 3.54. The van der Waals surface area contributed by atoms with Crippen LogP contribution >= 0.6 is 0 Å². The van der Waals surface area contributed by atoms with Gasteiger partial charge in [-0.1, -0.05) is 13.3 Å². The molecule has 1 aromatic carbocycles. The number of nitrogens with one attached hydrogen (secondary N) is 1. The van der Waals surface area contributed by atoms with Gasteiger partial charge in [-0.2, -0.15) is 0 Å². The Balaban J connectivity index is 2.97. The monoisotopic (exact) mass is 228 g/mol. The van der Waals surface area contributed by atoms with Gasteiger partial charge in [0.1, 0.15) is 5.82 Å². The number of rotatable bonds is 4. The van der Waals surface area contributed by atoms with Gasteiger partial charge < -0.3 is 11.1 Å². The summed E-state index contributed by atoms with van der Waals surface area (Å²) in [7, 11) is 0. The van der Waals surface area contributed by atoms with Crippen LogP contribution in [0, 0.1) is 11.6 Å². The maximum Gasteiger partial charge on any atom is 0.151 e. The lowest BCUT2D eigenvalue weighted by Crippen LogP contribution is -2.31. The van der Waals surface area contributed by atoms with Crippen molar-refractivity contribution in [2.45, 2.75) is 39.2 Å². The van der Waals surface area contributed by atoms with E-state index in [0.29, 0.717) is 5.69 Å². The van der Waals surface area contributed by atoms with E-state index in [1.54, 1.807) is 0 Å². The second kappa shape index (κ2) is 4.68. The standard InChI is InChI=1S/C12H18F2N2/c1-4-5-12(2,3)16-10-7-8(13)6-9(14)11(10)15/h6-7,16H,4-5,15H2,1-3H3. The van der Waals surface area contributed by atoms with E-state index in [4.69, 9.17) is 5.73 Å². The van der Waals surface area contributed by atoms with Crippen LogP contribution in [0.15, 0.2) is 12.1 Å². The zero-order valence-electron chi connectivity index (χ0n) is 9.90. The van der Waals surface area contributed by atoms with E-state index in [0.717, 1.165) is 18.9 Å². The zero-order chi connectivity index (χ0) is 12.3. The SMILES string of the molecule is CCCC(C)(C)Nc1cc(F)cc(F)c1N. The molecule has 0 unspecified atom stereocenters. The highest BCUT2D eigenvalue weighted by molar-refractivity contribution is 5.67. The number of nitrogens with two attached hydrogens (primary N) is 1. The van der Waals surface area contributed by atoms with Crippen molar-refractivity contribution < 1.29 is 8.78 Å². The Labute approximate surface area is 94.8 Å². The van der Waals surface area contributed by atoms with E-state index in [1.165, 1.54) is 6.07 Å². The summed E-state index contributed by atoms with van der Waals surface area (Å²) in [6.07, 6.45) is 1.88. The lowest BCUT2D eigenvalue weighted by Gasteiger charge is -2.28. The Hall–Kier alpha value is -1.32. The molecule has 1 aromatic rings. The molecule has 0 amide bonds. The fourth-order valence-corrected chi connectivity index (χ4v) is 1.74. The molecule has 0 saturated carbocycles. The molecule has 2 nitrogen and oxygen atoms in total. The molecule has 0 bridgehead atoms. The molecule has 0 aliphatic carbocycles. The summed E-state index contributed by atoms with van der Waals surface area (Å²) in [6, 6.07) is 2.00. The van der Waals surface area contributed by atoms with Crippen molar-refractivity contribution in [3.63, 3.8) is 0 Å². The van der Waals surface area contributed by atoms with Crippen molar-refractivity contribution in [3.8, 4) is 0 Å². The first-order valence-corrected chi connectivity index (χ1v) is 5.38. The van der Waals surface area contributed by atoms with Crippen molar-refractivity contribution in [2.75, 3.05) is 11.1 Å². The molecule has 0 fully saturated rings. The zero-order valence-corrected chi connectivity index (χ0v) is 9.90. The van der Waals surface area contributed by atoms with Crippen LogP contribution in [0.5, 0.6) is 0 Å². The topological polar surface area (TPSA) is 38.0 Å². The molecule has 0 spiro atoms. The molecule has 4 heteroatoms. The van der Waals surface area contributed by atoms with Crippen LogP contribution in [0.25, 0.3) is 0 Å². The van der Waals surface area contributed by atoms with E-state index in [1.807, 2.05) is 13.8 Å². The van der Waals surface area contributed by atoms with Crippen molar-refractivity contribution in [1.82, 2.24) is 0 Å². The lowest BCUT2D eigenvalue weighted by molar-refractivity contribution is 0.509. The Bertz CT molecular complexity index is 376. The number of hydrogen-bond acceptors (Lipinski definition) is 2. The van der Waals surface area contributed by atoms with Crippen molar-refractivity contribution in [1.29, 1.82) is 0 Å². The summed E-state index contributed by atoms with van der Waals surface area (Å²) in [5.41, 5.74) is 5.60. The summed E-state index contributed by atoms with van der Waals surface area (Å²) < 4.78 is 26.2. The fourth-order valence-electron chi connectivity index (χ4n) is 1.74. The molecular formula is C12H18F2N2. The molecule has 0 heterocycles.